The molecule has 3 heteroatoms. The molecule has 0 aliphatic rings. The van der Waals surface area contributed by atoms with Gasteiger partial charge in [-0.15, -0.1) is 0 Å². The zero-order valence-corrected chi connectivity index (χ0v) is 8.85. The van der Waals surface area contributed by atoms with E-state index in [9.17, 15) is 4.79 Å². The molecule has 0 saturated heterocycles. The standard InChI is InChI=1S/C10H19NO2/c1-7(2)8(9(12)13)5-10(3,4)6-11/h5-6,11H2,1-4H3,(H,12,13). The Hall–Kier alpha value is -0.830. The molecule has 0 spiro atoms. The maximum absolute atomic E-state index is 10.8. The minimum absolute atomic E-state index is 0.134. The summed E-state index contributed by atoms with van der Waals surface area (Å²) in [5.41, 5.74) is 6.74. The van der Waals surface area contributed by atoms with Crippen molar-refractivity contribution in [2.75, 3.05) is 6.54 Å². The fourth-order valence-corrected chi connectivity index (χ4v) is 1.02. The van der Waals surface area contributed by atoms with Crippen molar-refractivity contribution in [3.8, 4) is 0 Å². The van der Waals surface area contributed by atoms with E-state index in [4.69, 9.17) is 10.8 Å². The van der Waals surface area contributed by atoms with E-state index in [2.05, 4.69) is 0 Å². The number of carboxylic acids is 1. The van der Waals surface area contributed by atoms with E-state index in [1.54, 1.807) is 0 Å². The molecule has 0 aliphatic carbocycles. The van der Waals surface area contributed by atoms with Gasteiger partial charge in [-0.05, 0) is 32.2 Å². The number of rotatable bonds is 4. The third-order valence-corrected chi connectivity index (χ3v) is 2.07. The summed E-state index contributed by atoms with van der Waals surface area (Å²) < 4.78 is 0. The lowest BCUT2D eigenvalue weighted by atomic mass is 9.84. The van der Waals surface area contributed by atoms with Gasteiger partial charge in [-0.2, -0.15) is 0 Å². The Bertz CT molecular complexity index is 225. The second-order valence-electron chi connectivity index (χ2n) is 4.33. The second kappa shape index (κ2) is 4.42. The zero-order chi connectivity index (χ0) is 10.6. The van der Waals surface area contributed by atoms with Crippen LogP contribution in [0.5, 0.6) is 0 Å². The minimum atomic E-state index is -0.832. The topological polar surface area (TPSA) is 63.3 Å². The Morgan fingerprint density at radius 3 is 2.08 bits per heavy atom. The number of aliphatic carboxylic acids is 1. The van der Waals surface area contributed by atoms with Crippen molar-refractivity contribution in [3.05, 3.63) is 11.1 Å². The van der Waals surface area contributed by atoms with Gasteiger partial charge in [0.2, 0.25) is 0 Å². The number of carbonyl (C=O) groups is 1. The predicted octanol–water partition coefficient (Wildman–Crippen LogP) is 1.78. The molecule has 0 aromatic rings. The third-order valence-electron chi connectivity index (χ3n) is 2.07. The summed E-state index contributed by atoms with van der Waals surface area (Å²) in [6, 6.07) is 0. The number of allylic oxidation sites excluding steroid dienone is 1. The molecule has 76 valence electrons. The average Bonchev–Trinajstić information content (AvgIpc) is 1.99. The average molecular weight is 185 g/mol. The van der Waals surface area contributed by atoms with Gasteiger partial charge in [-0.1, -0.05) is 19.4 Å². The lowest BCUT2D eigenvalue weighted by Gasteiger charge is -2.23. The number of nitrogens with two attached hydrogens (primary N) is 1. The highest BCUT2D eigenvalue weighted by Gasteiger charge is 2.21. The van der Waals surface area contributed by atoms with Crippen LogP contribution in [0, 0.1) is 5.41 Å². The van der Waals surface area contributed by atoms with Gasteiger partial charge in [0.1, 0.15) is 0 Å². The summed E-state index contributed by atoms with van der Waals surface area (Å²) in [5, 5.41) is 8.90. The first-order valence-corrected chi connectivity index (χ1v) is 4.40. The summed E-state index contributed by atoms with van der Waals surface area (Å²) in [4.78, 5) is 10.8. The van der Waals surface area contributed by atoms with Crippen LogP contribution in [0.15, 0.2) is 11.1 Å². The molecule has 3 N–H and O–H groups in total. The molecule has 0 bridgehead atoms. The molecule has 0 aromatic carbocycles. The summed E-state index contributed by atoms with van der Waals surface area (Å²) in [7, 11) is 0. The smallest absolute Gasteiger partial charge is 0.331 e. The Labute approximate surface area is 79.6 Å². The number of hydrogen-bond acceptors (Lipinski definition) is 2. The van der Waals surface area contributed by atoms with Crippen LogP contribution in [0.25, 0.3) is 0 Å². The molecule has 0 saturated carbocycles. The van der Waals surface area contributed by atoms with E-state index in [-0.39, 0.29) is 5.41 Å². The second-order valence-corrected chi connectivity index (χ2v) is 4.33. The van der Waals surface area contributed by atoms with E-state index < -0.39 is 5.97 Å². The van der Waals surface area contributed by atoms with E-state index >= 15 is 0 Å². The molecule has 3 nitrogen and oxygen atoms in total. The quantitative estimate of drug-likeness (QED) is 0.656. The van der Waals surface area contributed by atoms with Crippen molar-refractivity contribution >= 4 is 5.97 Å². The zero-order valence-electron chi connectivity index (χ0n) is 8.85. The van der Waals surface area contributed by atoms with Crippen molar-refractivity contribution in [1.29, 1.82) is 0 Å². The molecule has 0 aromatic heterocycles. The Kier molecular flexibility index (Phi) is 4.14. The summed E-state index contributed by atoms with van der Waals surface area (Å²) in [5.74, 6) is -0.832. The van der Waals surface area contributed by atoms with Crippen LogP contribution < -0.4 is 5.73 Å². The maximum Gasteiger partial charge on any atom is 0.331 e. The van der Waals surface area contributed by atoms with Crippen molar-refractivity contribution in [1.82, 2.24) is 0 Å². The lowest BCUT2D eigenvalue weighted by molar-refractivity contribution is -0.133. The molecule has 0 heterocycles. The first-order valence-electron chi connectivity index (χ1n) is 4.40. The molecule has 13 heavy (non-hydrogen) atoms. The molecule has 0 radical (unpaired) electrons. The summed E-state index contributed by atoms with van der Waals surface area (Å²) in [6.07, 6.45) is 0.529. The van der Waals surface area contributed by atoms with Crippen molar-refractivity contribution in [2.24, 2.45) is 11.1 Å². The van der Waals surface area contributed by atoms with E-state index in [1.165, 1.54) is 0 Å². The van der Waals surface area contributed by atoms with Crippen LogP contribution >= 0.6 is 0 Å². The van der Waals surface area contributed by atoms with Gasteiger partial charge < -0.3 is 10.8 Å². The molecule has 0 aliphatic heterocycles. The van der Waals surface area contributed by atoms with Crippen LogP contribution in [0.3, 0.4) is 0 Å². The maximum atomic E-state index is 10.8. The van der Waals surface area contributed by atoms with Crippen molar-refractivity contribution in [3.63, 3.8) is 0 Å². The van der Waals surface area contributed by atoms with Gasteiger partial charge in [0.05, 0.1) is 0 Å². The predicted molar refractivity (Wildman–Crippen MR) is 53.5 cm³/mol. The number of hydrogen-bond donors (Lipinski definition) is 2. The monoisotopic (exact) mass is 185 g/mol. The molecule has 0 fully saturated rings. The van der Waals surface area contributed by atoms with E-state index in [0.717, 1.165) is 5.57 Å². The Morgan fingerprint density at radius 1 is 1.38 bits per heavy atom. The van der Waals surface area contributed by atoms with Crippen LogP contribution in [-0.4, -0.2) is 17.6 Å². The van der Waals surface area contributed by atoms with Crippen LogP contribution in [0.2, 0.25) is 0 Å². The van der Waals surface area contributed by atoms with E-state index in [1.807, 2.05) is 27.7 Å². The first kappa shape index (κ1) is 12.2. The van der Waals surface area contributed by atoms with Gasteiger partial charge in [-0.3, -0.25) is 0 Å². The molecule has 0 atom stereocenters. The Morgan fingerprint density at radius 2 is 1.85 bits per heavy atom. The first-order chi connectivity index (χ1) is 5.80. The van der Waals surface area contributed by atoms with Crippen LogP contribution in [0.1, 0.15) is 34.1 Å². The molecule has 0 amide bonds. The van der Waals surface area contributed by atoms with Gasteiger partial charge in [0.25, 0.3) is 0 Å². The molecule has 0 rings (SSSR count). The van der Waals surface area contributed by atoms with Crippen molar-refractivity contribution in [2.45, 2.75) is 34.1 Å². The van der Waals surface area contributed by atoms with Gasteiger partial charge in [-0.25, -0.2) is 4.79 Å². The highest BCUT2D eigenvalue weighted by Crippen LogP contribution is 2.25. The normalized spacial score (nSPS) is 11.2. The van der Waals surface area contributed by atoms with Gasteiger partial charge in [0.15, 0.2) is 0 Å². The summed E-state index contributed by atoms with van der Waals surface area (Å²) in [6.45, 7) is 8.07. The fourth-order valence-electron chi connectivity index (χ4n) is 1.02. The van der Waals surface area contributed by atoms with Crippen LogP contribution in [0.4, 0.5) is 0 Å². The third kappa shape index (κ3) is 4.08. The van der Waals surface area contributed by atoms with E-state index in [0.29, 0.717) is 18.5 Å². The van der Waals surface area contributed by atoms with Crippen LogP contribution in [-0.2, 0) is 4.79 Å². The largest absolute Gasteiger partial charge is 0.478 e. The minimum Gasteiger partial charge on any atom is -0.478 e. The van der Waals surface area contributed by atoms with Crippen molar-refractivity contribution < 1.29 is 9.90 Å². The molecular weight excluding hydrogens is 166 g/mol. The summed E-state index contributed by atoms with van der Waals surface area (Å²) >= 11 is 0. The highest BCUT2D eigenvalue weighted by molar-refractivity contribution is 5.87. The van der Waals surface area contributed by atoms with Gasteiger partial charge >= 0.3 is 5.97 Å². The lowest BCUT2D eigenvalue weighted by Crippen LogP contribution is -2.25. The fraction of sp³-hybridized carbons (Fsp3) is 0.700. The molecule has 0 unspecified atom stereocenters. The number of carboxylic acid groups (broad SMARTS) is 1. The molecular formula is C10H19NO2. The Balaban J connectivity index is 4.66. The SMILES string of the molecule is CC(C)=C(CC(C)(C)CN)C(=O)O. The highest BCUT2D eigenvalue weighted by atomic mass is 16.4. The van der Waals surface area contributed by atoms with Gasteiger partial charge in [0, 0.05) is 5.57 Å².